The molecule has 4 heteroatoms. The second-order valence-electron chi connectivity index (χ2n) is 4.68. The first kappa shape index (κ1) is 13.1. The van der Waals surface area contributed by atoms with Crippen molar-refractivity contribution in [3.8, 4) is 0 Å². The van der Waals surface area contributed by atoms with E-state index in [1.54, 1.807) is 0 Å². The molecule has 3 nitrogen and oxygen atoms in total. The van der Waals surface area contributed by atoms with Crippen LogP contribution in [0.5, 0.6) is 0 Å². The molecule has 2 rings (SSSR count). The third-order valence-electron chi connectivity index (χ3n) is 3.34. The minimum atomic E-state index is 0.277. The molecule has 17 heavy (non-hydrogen) atoms. The third kappa shape index (κ3) is 3.83. The summed E-state index contributed by atoms with van der Waals surface area (Å²) in [5, 5.41) is 3.50. The Hall–Kier alpha value is -0.320. The van der Waals surface area contributed by atoms with Crippen LogP contribution in [0, 0.1) is 0 Å². The molecule has 0 spiro atoms. The molecule has 1 atom stereocenters. The SMILES string of the molecule is CCN(CCNC(C)c1ccc(Br)o1)C1CC1. The molecule has 0 saturated heterocycles. The van der Waals surface area contributed by atoms with Gasteiger partial charge in [-0.15, -0.1) is 0 Å². The molecule has 1 unspecified atom stereocenters. The van der Waals surface area contributed by atoms with Crippen molar-refractivity contribution < 1.29 is 4.42 Å². The van der Waals surface area contributed by atoms with Crippen LogP contribution in [0.2, 0.25) is 0 Å². The average molecular weight is 301 g/mol. The largest absolute Gasteiger partial charge is 0.453 e. The molecule has 1 aromatic heterocycles. The molecule has 1 aliphatic carbocycles. The maximum absolute atomic E-state index is 5.53. The van der Waals surface area contributed by atoms with E-state index in [9.17, 15) is 0 Å². The van der Waals surface area contributed by atoms with Crippen LogP contribution in [0.4, 0.5) is 0 Å². The quantitative estimate of drug-likeness (QED) is 0.838. The van der Waals surface area contributed by atoms with Crippen LogP contribution in [0.15, 0.2) is 21.2 Å². The minimum absolute atomic E-state index is 0.277. The molecule has 1 aliphatic rings. The molecule has 0 aromatic carbocycles. The van der Waals surface area contributed by atoms with Gasteiger partial charge in [-0.1, -0.05) is 6.92 Å². The Kier molecular flexibility index (Phi) is 4.65. The number of likely N-dealkylation sites (N-methyl/N-ethyl adjacent to an activating group) is 1. The lowest BCUT2D eigenvalue weighted by Gasteiger charge is -2.21. The van der Waals surface area contributed by atoms with Gasteiger partial charge in [-0.25, -0.2) is 0 Å². The molecule has 0 radical (unpaired) electrons. The fourth-order valence-corrected chi connectivity index (χ4v) is 2.44. The Morgan fingerprint density at radius 2 is 2.29 bits per heavy atom. The topological polar surface area (TPSA) is 28.4 Å². The number of furan rings is 1. The molecular formula is C13H21BrN2O. The van der Waals surface area contributed by atoms with E-state index in [0.29, 0.717) is 0 Å². The Labute approximate surface area is 112 Å². The van der Waals surface area contributed by atoms with Gasteiger partial charge in [-0.05, 0) is 54.4 Å². The van der Waals surface area contributed by atoms with Gasteiger partial charge in [0.25, 0.3) is 0 Å². The Balaban J connectivity index is 1.70. The van der Waals surface area contributed by atoms with E-state index in [-0.39, 0.29) is 6.04 Å². The summed E-state index contributed by atoms with van der Waals surface area (Å²) in [6, 6.07) is 5.09. The molecule has 1 aromatic rings. The van der Waals surface area contributed by atoms with Crippen LogP contribution < -0.4 is 5.32 Å². The van der Waals surface area contributed by atoms with Gasteiger partial charge < -0.3 is 9.73 Å². The molecule has 0 bridgehead atoms. The lowest BCUT2D eigenvalue weighted by Crippen LogP contribution is -2.34. The number of halogens is 1. The van der Waals surface area contributed by atoms with Crippen LogP contribution in [-0.4, -0.2) is 30.6 Å². The molecule has 1 saturated carbocycles. The first-order chi connectivity index (χ1) is 8.20. The van der Waals surface area contributed by atoms with E-state index in [2.05, 4.69) is 40.0 Å². The molecule has 1 N–H and O–H groups in total. The van der Waals surface area contributed by atoms with E-state index in [4.69, 9.17) is 4.42 Å². The monoisotopic (exact) mass is 300 g/mol. The smallest absolute Gasteiger partial charge is 0.169 e. The van der Waals surface area contributed by atoms with E-state index in [1.165, 1.54) is 12.8 Å². The first-order valence-electron chi connectivity index (χ1n) is 6.43. The highest BCUT2D eigenvalue weighted by Crippen LogP contribution is 2.26. The molecule has 0 amide bonds. The van der Waals surface area contributed by atoms with Crippen LogP contribution in [-0.2, 0) is 0 Å². The summed E-state index contributed by atoms with van der Waals surface area (Å²) in [5.41, 5.74) is 0. The summed E-state index contributed by atoms with van der Waals surface area (Å²) >= 11 is 3.33. The maximum Gasteiger partial charge on any atom is 0.169 e. The van der Waals surface area contributed by atoms with E-state index in [0.717, 1.165) is 36.1 Å². The Morgan fingerprint density at radius 3 is 2.82 bits per heavy atom. The van der Waals surface area contributed by atoms with E-state index < -0.39 is 0 Å². The van der Waals surface area contributed by atoms with Gasteiger partial charge in [-0.3, -0.25) is 4.90 Å². The van der Waals surface area contributed by atoms with E-state index >= 15 is 0 Å². The summed E-state index contributed by atoms with van der Waals surface area (Å²) in [4.78, 5) is 2.55. The van der Waals surface area contributed by atoms with Gasteiger partial charge in [-0.2, -0.15) is 0 Å². The van der Waals surface area contributed by atoms with Gasteiger partial charge in [0.2, 0.25) is 0 Å². The fourth-order valence-electron chi connectivity index (χ4n) is 2.12. The van der Waals surface area contributed by atoms with Gasteiger partial charge in [0, 0.05) is 19.1 Å². The normalized spacial score (nSPS) is 17.6. The second-order valence-corrected chi connectivity index (χ2v) is 5.46. The maximum atomic E-state index is 5.53. The predicted octanol–water partition coefficient (Wildman–Crippen LogP) is 3.18. The van der Waals surface area contributed by atoms with Gasteiger partial charge in [0.1, 0.15) is 5.76 Å². The van der Waals surface area contributed by atoms with Crippen molar-refractivity contribution in [2.24, 2.45) is 0 Å². The number of rotatable bonds is 7. The van der Waals surface area contributed by atoms with Crippen molar-refractivity contribution in [1.82, 2.24) is 10.2 Å². The fraction of sp³-hybridized carbons (Fsp3) is 0.692. The highest BCUT2D eigenvalue weighted by atomic mass is 79.9. The summed E-state index contributed by atoms with van der Waals surface area (Å²) in [6.45, 7) is 7.69. The van der Waals surface area contributed by atoms with Crippen LogP contribution in [0.1, 0.15) is 38.5 Å². The number of nitrogens with zero attached hydrogens (tertiary/aromatic N) is 1. The zero-order chi connectivity index (χ0) is 12.3. The number of hydrogen-bond acceptors (Lipinski definition) is 3. The molecule has 1 heterocycles. The van der Waals surface area contributed by atoms with Crippen molar-refractivity contribution in [3.63, 3.8) is 0 Å². The lowest BCUT2D eigenvalue weighted by molar-refractivity contribution is 0.270. The van der Waals surface area contributed by atoms with Crippen molar-refractivity contribution >= 4 is 15.9 Å². The number of nitrogens with one attached hydrogen (secondary N) is 1. The summed E-state index contributed by atoms with van der Waals surface area (Å²) < 4.78 is 6.33. The molecular weight excluding hydrogens is 280 g/mol. The molecule has 1 fully saturated rings. The zero-order valence-corrected chi connectivity index (χ0v) is 12.2. The zero-order valence-electron chi connectivity index (χ0n) is 10.6. The Morgan fingerprint density at radius 1 is 1.53 bits per heavy atom. The molecule has 0 aliphatic heterocycles. The highest BCUT2D eigenvalue weighted by molar-refractivity contribution is 9.10. The van der Waals surface area contributed by atoms with Gasteiger partial charge in [0.15, 0.2) is 4.67 Å². The highest BCUT2D eigenvalue weighted by Gasteiger charge is 2.27. The van der Waals surface area contributed by atoms with Gasteiger partial charge >= 0.3 is 0 Å². The second kappa shape index (κ2) is 6.03. The van der Waals surface area contributed by atoms with Gasteiger partial charge in [0.05, 0.1) is 6.04 Å². The molecule has 96 valence electrons. The number of hydrogen-bond donors (Lipinski definition) is 1. The van der Waals surface area contributed by atoms with Crippen LogP contribution in [0.3, 0.4) is 0 Å². The van der Waals surface area contributed by atoms with Crippen molar-refractivity contribution in [2.45, 2.75) is 38.8 Å². The average Bonchev–Trinajstić information content (AvgIpc) is 3.06. The van der Waals surface area contributed by atoms with E-state index in [1.807, 2.05) is 12.1 Å². The lowest BCUT2D eigenvalue weighted by atomic mass is 10.2. The van der Waals surface area contributed by atoms with Crippen molar-refractivity contribution in [3.05, 3.63) is 22.6 Å². The van der Waals surface area contributed by atoms with Crippen LogP contribution >= 0.6 is 15.9 Å². The summed E-state index contributed by atoms with van der Waals surface area (Å²) in [7, 11) is 0. The van der Waals surface area contributed by atoms with Crippen molar-refractivity contribution in [2.75, 3.05) is 19.6 Å². The van der Waals surface area contributed by atoms with Crippen molar-refractivity contribution in [1.29, 1.82) is 0 Å². The standard InChI is InChI=1S/C13H21BrN2O/c1-3-16(11-4-5-11)9-8-15-10(2)12-6-7-13(14)17-12/h6-7,10-11,15H,3-5,8-9H2,1-2H3. The summed E-state index contributed by atoms with van der Waals surface area (Å²) in [5.74, 6) is 0.992. The predicted molar refractivity (Wildman–Crippen MR) is 73.1 cm³/mol. The minimum Gasteiger partial charge on any atom is -0.453 e. The third-order valence-corrected chi connectivity index (χ3v) is 3.77. The Bertz CT molecular complexity index is 349. The first-order valence-corrected chi connectivity index (χ1v) is 7.22. The summed E-state index contributed by atoms with van der Waals surface area (Å²) in [6.07, 6.45) is 2.77. The van der Waals surface area contributed by atoms with Crippen LogP contribution in [0.25, 0.3) is 0 Å².